The van der Waals surface area contributed by atoms with Gasteiger partial charge in [-0.2, -0.15) is 0 Å². The number of rotatable bonds is 5. The van der Waals surface area contributed by atoms with Crippen LogP contribution in [0.4, 0.5) is 0 Å². The molecule has 0 aromatic carbocycles. The van der Waals surface area contributed by atoms with Crippen LogP contribution in [0.15, 0.2) is 12.2 Å². The van der Waals surface area contributed by atoms with Gasteiger partial charge in [-0.25, -0.2) is 0 Å². The van der Waals surface area contributed by atoms with Gasteiger partial charge < -0.3 is 4.74 Å². The largest absolute Gasteiger partial charge is 0.381 e. The molecule has 0 atom stereocenters. The third kappa shape index (κ3) is 13.7. The van der Waals surface area contributed by atoms with Gasteiger partial charge in [0.15, 0.2) is 0 Å². The zero-order valence-electron chi connectivity index (χ0n) is 10.7. The lowest BCUT2D eigenvalue weighted by atomic mass is 10.1. The normalized spacial score (nSPS) is 15.3. The van der Waals surface area contributed by atoms with Gasteiger partial charge in [0, 0.05) is 13.2 Å². The molecular formula is C14H28O. The molecule has 0 aliphatic carbocycles. The van der Waals surface area contributed by atoms with E-state index in [4.69, 9.17) is 4.74 Å². The number of ether oxygens (including phenoxy) is 1. The molecule has 0 bridgehead atoms. The van der Waals surface area contributed by atoms with Crippen LogP contribution in [0.3, 0.4) is 0 Å². The third-order valence-electron chi connectivity index (χ3n) is 2.53. The molecular weight excluding hydrogens is 184 g/mol. The van der Waals surface area contributed by atoms with Crippen molar-refractivity contribution in [3.8, 4) is 0 Å². The van der Waals surface area contributed by atoms with Gasteiger partial charge >= 0.3 is 0 Å². The van der Waals surface area contributed by atoms with Crippen LogP contribution in [-0.4, -0.2) is 13.2 Å². The molecule has 0 aromatic rings. The fraction of sp³-hybridized carbons (Fsp3) is 0.857. The van der Waals surface area contributed by atoms with Crippen LogP contribution in [0, 0.1) is 0 Å². The maximum atomic E-state index is 5.07. The minimum Gasteiger partial charge on any atom is -0.381 e. The van der Waals surface area contributed by atoms with Gasteiger partial charge in [0.1, 0.15) is 0 Å². The fourth-order valence-electron chi connectivity index (χ4n) is 1.54. The van der Waals surface area contributed by atoms with Crippen molar-refractivity contribution in [1.29, 1.82) is 0 Å². The van der Waals surface area contributed by atoms with Crippen LogP contribution >= 0.6 is 0 Å². The SMILES string of the molecule is C1CCOCC1.C=C(C)CCCCCC. The highest BCUT2D eigenvalue weighted by molar-refractivity contribution is 4.86. The molecule has 0 spiro atoms. The Hall–Kier alpha value is -0.300. The Kier molecular flexibility index (Phi) is 11.5. The number of allylic oxidation sites excluding steroid dienone is 1. The number of hydrogen-bond acceptors (Lipinski definition) is 1. The van der Waals surface area contributed by atoms with Gasteiger partial charge in [0.25, 0.3) is 0 Å². The summed E-state index contributed by atoms with van der Waals surface area (Å²) in [6.45, 7) is 10.2. The van der Waals surface area contributed by atoms with Crippen LogP contribution in [0.1, 0.15) is 65.2 Å². The van der Waals surface area contributed by atoms with E-state index in [-0.39, 0.29) is 0 Å². The number of hydrogen-bond donors (Lipinski definition) is 0. The first-order valence-electron chi connectivity index (χ1n) is 6.49. The molecule has 0 N–H and O–H groups in total. The van der Waals surface area contributed by atoms with Crippen molar-refractivity contribution in [2.75, 3.05) is 13.2 Å². The second-order valence-electron chi connectivity index (χ2n) is 4.44. The smallest absolute Gasteiger partial charge is 0.0466 e. The van der Waals surface area contributed by atoms with Crippen molar-refractivity contribution >= 4 is 0 Å². The van der Waals surface area contributed by atoms with Crippen LogP contribution in [0.2, 0.25) is 0 Å². The summed E-state index contributed by atoms with van der Waals surface area (Å²) >= 11 is 0. The Morgan fingerprint density at radius 3 is 2.07 bits per heavy atom. The van der Waals surface area contributed by atoms with Gasteiger partial charge in [-0.1, -0.05) is 31.8 Å². The second-order valence-corrected chi connectivity index (χ2v) is 4.44. The van der Waals surface area contributed by atoms with E-state index in [0.29, 0.717) is 0 Å². The third-order valence-corrected chi connectivity index (χ3v) is 2.53. The zero-order valence-corrected chi connectivity index (χ0v) is 10.7. The van der Waals surface area contributed by atoms with Gasteiger partial charge in [-0.05, 0) is 39.0 Å². The summed E-state index contributed by atoms with van der Waals surface area (Å²) in [5, 5.41) is 0. The first-order valence-corrected chi connectivity index (χ1v) is 6.49. The van der Waals surface area contributed by atoms with Crippen LogP contribution in [0.25, 0.3) is 0 Å². The average Bonchev–Trinajstić information content (AvgIpc) is 2.28. The summed E-state index contributed by atoms with van der Waals surface area (Å²) in [5.41, 5.74) is 1.33. The molecule has 0 amide bonds. The Morgan fingerprint density at radius 1 is 1.07 bits per heavy atom. The first kappa shape index (κ1) is 14.7. The maximum absolute atomic E-state index is 5.07. The highest BCUT2D eigenvalue weighted by atomic mass is 16.5. The number of unbranched alkanes of at least 4 members (excludes halogenated alkanes) is 3. The Bertz CT molecular complexity index is 125. The highest BCUT2D eigenvalue weighted by Crippen LogP contribution is 2.06. The van der Waals surface area contributed by atoms with Crippen molar-refractivity contribution < 1.29 is 4.74 Å². The topological polar surface area (TPSA) is 9.23 Å². The van der Waals surface area contributed by atoms with E-state index in [9.17, 15) is 0 Å². The highest BCUT2D eigenvalue weighted by Gasteiger charge is 1.95. The van der Waals surface area contributed by atoms with E-state index in [0.717, 1.165) is 13.2 Å². The maximum Gasteiger partial charge on any atom is 0.0466 e. The minimum absolute atomic E-state index is 1.00. The molecule has 1 heterocycles. The molecule has 0 radical (unpaired) electrons. The Morgan fingerprint density at radius 2 is 1.73 bits per heavy atom. The predicted molar refractivity (Wildman–Crippen MR) is 68.2 cm³/mol. The lowest BCUT2D eigenvalue weighted by molar-refractivity contribution is 0.0968. The van der Waals surface area contributed by atoms with Gasteiger partial charge in [0.05, 0.1) is 0 Å². The van der Waals surface area contributed by atoms with E-state index in [1.165, 1.54) is 56.9 Å². The van der Waals surface area contributed by atoms with Crippen molar-refractivity contribution in [3.63, 3.8) is 0 Å². The minimum atomic E-state index is 1.00. The van der Waals surface area contributed by atoms with E-state index in [2.05, 4.69) is 20.4 Å². The predicted octanol–water partition coefficient (Wildman–Crippen LogP) is 4.72. The quantitative estimate of drug-likeness (QED) is 0.473. The summed E-state index contributed by atoms with van der Waals surface area (Å²) in [6, 6.07) is 0. The summed E-state index contributed by atoms with van der Waals surface area (Å²) in [5.74, 6) is 0. The van der Waals surface area contributed by atoms with Gasteiger partial charge in [-0.3, -0.25) is 0 Å². The Labute approximate surface area is 95.9 Å². The molecule has 15 heavy (non-hydrogen) atoms. The van der Waals surface area contributed by atoms with E-state index >= 15 is 0 Å². The molecule has 1 aliphatic rings. The molecule has 1 heteroatoms. The van der Waals surface area contributed by atoms with Crippen molar-refractivity contribution in [2.45, 2.75) is 65.2 Å². The standard InChI is InChI=1S/C9H18.C5H10O/c1-4-5-6-7-8-9(2)3;1-2-4-6-5-3-1/h2,4-8H2,1,3H3;1-5H2. The monoisotopic (exact) mass is 212 g/mol. The fourth-order valence-corrected chi connectivity index (χ4v) is 1.54. The van der Waals surface area contributed by atoms with E-state index in [1.54, 1.807) is 0 Å². The molecule has 1 fully saturated rings. The summed E-state index contributed by atoms with van der Waals surface area (Å²) in [6.07, 6.45) is 10.6. The molecule has 0 aromatic heterocycles. The van der Waals surface area contributed by atoms with Crippen LogP contribution in [-0.2, 0) is 4.74 Å². The van der Waals surface area contributed by atoms with E-state index in [1.807, 2.05) is 0 Å². The summed E-state index contributed by atoms with van der Waals surface area (Å²) in [7, 11) is 0. The van der Waals surface area contributed by atoms with Crippen LogP contribution < -0.4 is 0 Å². The van der Waals surface area contributed by atoms with Crippen LogP contribution in [0.5, 0.6) is 0 Å². The van der Waals surface area contributed by atoms with Crippen molar-refractivity contribution in [2.24, 2.45) is 0 Å². The first-order chi connectivity index (χ1) is 7.27. The summed E-state index contributed by atoms with van der Waals surface area (Å²) in [4.78, 5) is 0. The lowest BCUT2D eigenvalue weighted by Gasteiger charge is -2.08. The molecule has 1 rings (SSSR count). The van der Waals surface area contributed by atoms with Crippen molar-refractivity contribution in [1.82, 2.24) is 0 Å². The second kappa shape index (κ2) is 11.8. The van der Waals surface area contributed by atoms with Crippen molar-refractivity contribution in [3.05, 3.63) is 12.2 Å². The lowest BCUT2D eigenvalue weighted by Crippen LogP contribution is -2.03. The zero-order chi connectivity index (χ0) is 11.4. The van der Waals surface area contributed by atoms with E-state index < -0.39 is 0 Å². The molecule has 90 valence electrons. The Balaban J connectivity index is 0.000000280. The van der Waals surface area contributed by atoms with Gasteiger partial charge in [0.2, 0.25) is 0 Å². The van der Waals surface area contributed by atoms with Gasteiger partial charge in [-0.15, -0.1) is 6.58 Å². The molecule has 1 saturated heterocycles. The average molecular weight is 212 g/mol. The molecule has 0 saturated carbocycles. The summed E-state index contributed by atoms with van der Waals surface area (Å²) < 4.78 is 5.07. The molecule has 1 aliphatic heterocycles. The molecule has 0 unspecified atom stereocenters. The molecule has 1 nitrogen and oxygen atoms in total.